The predicted molar refractivity (Wildman–Crippen MR) is 81.6 cm³/mol. The molecular weight excluding hydrogens is 252 g/mol. The lowest BCUT2D eigenvalue weighted by molar-refractivity contribution is 0.0459. The maximum atomic E-state index is 7.80. The van der Waals surface area contributed by atoms with Gasteiger partial charge in [-0.15, -0.1) is 0 Å². The van der Waals surface area contributed by atoms with Gasteiger partial charge in [0.2, 0.25) is 0 Å². The van der Waals surface area contributed by atoms with Gasteiger partial charge in [-0.3, -0.25) is 10.4 Å². The number of hydrogen-bond acceptors (Lipinski definition) is 4. The number of aromatic nitrogens is 1. The predicted octanol–water partition coefficient (Wildman–Crippen LogP) is 1.99. The number of anilines is 1. The number of nitrogens with zero attached hydrogens (tertiary/aromatic N) is 2. The highest BCUT2D eigenvalue weighted by Gasteiger charge is 2.23. The van der Waals surface area contributed by atoms with E-state index in [4.69, 9.17) is 15.9 Å². The van der Waals surface area contributed by atoms with E-state index in [0.717, 1.165) is 55.2 Å². The molecule has 0 aromatic carbocycles. The third-order valence-electron chi connectivity index (χ3n) is 3.76. The first-order valence-electron chi connectivity index (χ1n) is 7.22. The number of hydrogen-bond donors (Lipinski definition) is 2. The molecular formula is C15H24N4O. The molecule has 0 radical (unpaired) electrons. The van der Waals surface area contributed by atoms with Gasteiger partial charge in [0.25, 0.3) is 0 Å². The van der Waals surface area contributed by atoms with Crippen molar-refractivity contribution in [1.82, 2.24) is 4.98 Å². The average molecular weight is 276 g/mol. The van der Waals surface area contributed by atoms with Crippen molar-refractivity contribution in [2.45, 2.75) is 39.7 Å². The van der Waals surface area contributed by atoms with E-state index >= 15 is 0 Å². The summed E-state index contributed by atoms with van der Waals surface area (Å²) in [6.07, 6.45) is 2.40. The highest BCUT2D eigenvalue weighted by molar-refractivity contribution is 6.01. The third-order valence-corrected chi connectivity index (χ3v) is 3.76. The van der Waals surface area contributed by atoms with Crippen molar-refractivity contribution in [3.63, 3.8) is 0 Å². The van der Waals surface area contributed by atoms with E-state index in [1.54, 1.807) is 0 Å². The van der Waals surface area contributed by atoms with Gasteiger partial charge in [-0.05, 0) is 39.7 Å². The second kappa shape index (κ2) is 6.22. The number of nitrogens with two attached hydrogens (primary N) is 1. The Morgan fingerprint density at radius 2 is 2.10 bits per heavy atom. The van der Waals surface area contributed by atoms with Gasteiger partial charge in [0, 0.05) is 25.4 Å². The summed E-state index contributed by atoms with van der Waals surface area (Å²) in [5.74, 6) is 0.0944. The van der Waals surface area contributed by atoms with Gasteiger partial charge < -0.3 is 15.4 Å². The van der Waals surface area contributed by atoms with Crippen molar-refractivity contribution >= 4 is 11.5 Å². The highest BCUT2D eigenvalue weighted by atomic mass is 16.5. The molecule has 1 saturated heterocycles. The Hall–Kier alpha value is -1.62. The van der Waals surface area contributed by atoms with E-state index in [1.807, 2.05) is 26.8 Å². The van der Waals surface area contributed by atoms with Crippen LogP contribution in [0, 0.1) is 19.3 Å². The quantitative estimate of drug-likeness (QED) is 0.651. The van der Waals surface area contributed by atoms with E-state index in [0.29, 0.717) is 6.10 Å². The molecule has 5 nitrogen and oxygen atoms in total. The van der Waals surface area contributed by atoms with Crippen LogP contribution in [0.15, 0.2) is 6.07 Å². The van der Waals surface area contributed by atoms with Gasteiger partial charge in [-0.25, -0.2) is 0 Å². The van der Waals surface area contributed by atoms with Gasteiger partial charge >= 0.3 is 0 Å². The van der Waals surface area contributed by atoms with Gasteiger partial charge in [-0.2, -0.15) is 0 Å². The van der Waals surface area contributed by atoms with Gasteiger partial charge in [0.1, 0.15) is 5.84 Å². The molecule has 2 heterocycles. The lowest BCUT2D eigenvalue weighted by atomic mass is 10.0. The van der Waals surface area contributed by atoms with E-state index in [2.05, 4.69) is 9.88 Å². The first-order valence-corrected chi connectivity index (χ1v) is 7.22. The van der Waals surface area contributed by atoms with Crippen LogP contribution in [0.2, 0.25) is 0 Å². The Balaban J connectivity index is 2.23. The number of aryl methyl sites for hydroxylation is 2. The minimum absolute atomic E-state index is 0.0944. The summed E-state index contributed by atoms with van der Waals surface area (Å²) in [6.45, 7) is 8.59. The summed E-state index contributed by atoms with van der Waals surface area (Å²) >= 11 is 0. The van der Waals surface area contributed by atoms with Crippen molar-refractivity contribution in [3.8, 4) is 0 Å². The van der Waals surface area contributed by atoms with E-state index in [1.165, 1.54) is 0 Å². The van der Waals surface area contributed by atoms with Crippen LogP contribution in [0.4, 0.5) is 5.69 Å². The topological polar surface area (TPSA) is 75.2 Å². The zero-order valence-corrected chi connectivity index (χ0v) is 12.6. The largest absolute Gasteiger partial charge is 0.384 e. The molecule has 0 amide bonds. The molecule has 0 bridgehead atoms. The summed E-state index contributed by atoms with van der Waals surface area (Å²) < 4.78 is 5.69. The molecule has 0 unspecified atom stereocenters. The molecule has 1 fully saturated rings. The minimum Gasteiger partial charge on any atom is -0.384 e. The summed E-state index contributed by atoms with van der Waals surface area (Å²) in [5.41, 5.74) is 9.35. The summed E-state index contributed by atoms with van der Waals surface area (Å²) in [4.78, 5) is 6.72. The molecule has 0 spiro atoms. The maximum absolute atomic E-state index is 7.80. The molecule has 110 valence electrons. The van der Waals surface area contributed by atoms with Crippen LogP contribution in [0.3, 0.4) is 0 Å². The number of nitrogen functional groups attached to an aromatic ring is 1. The van der Waals surface area contributed by atoms with E-state index in [9.17, 15) is 0 Å². The molecule has 5 heteroatoms. The smallest absolute Gasteiger partial charge is 0.126 e. The van der Waals surface area contributed by atoms with Crippen molar-refractivity contribution in [2.75, 3.05) is 24.6 Å². The zero-order valence-electron chi connectivity index (χ0n) is 12.6. The van der Waals surface area contributed by atoms with Crippen LogP contribution < -0.4 is 10.6 Å². The van der Waals surface area contributed by atoms with Crippen molar-refractivity contribution in [3.05, 3.63) is 23.0 Å². The summed E-state index contributed by atoms with van der Waals surface area (Å²) in [7, 11) is 0. The standard InChI is InChI=1S/C15H24N4O/c1-4-20-12-5-7-19(8-6-12)13-9-10(2)18-11(3)14(13)15(16)17/h9,12H,4-8H2,1-3H3,(H3,16,17). The fourth-order valence-electron chi connectivity index (χ4n) is 2.89. The number of rotatable bonds is 4. The third kappa shape index (κ3) is 3.10. The molecule has 0 aliphatic carbocycles. The first kappa shape index (κ1) is 14.8. The Kier molecular flexibility index (Phi) is 4.60. The Bertz CT molecular complexity index is 493. The number of amidine groups is 1. The van der Waals surface area contributed by atoms with Crippen LogP contribution in [0.25, 0.3) is 0 Å². The first-order chi connectivity index (χ1) is 9.52. The highest BCUT2D eigenvalue weighted by Crippen LogP contribution is 2.27. The van der Waals surface area contributed by atoms with Crippen LogP contribution in [-0.4, -0.2) is 36.6 Å². The van der Waals surface area contributed by atoms with Gasteiger partial charge in [0.05, 0.1) is 23.0 Å². The summed E-state index contributed by atoms with van der Waals surface area (Å²) in [5, 5.41) is 7.80. The van der Waals surface area contributed by atoms with Gasteiger partial charge in [0.15, 0.2) is 0 Å². The molecule has 1 aliphatic heterocycles. The van der Waals surface area contributed by atoms with Crippen molar-refractivity contribution < 1.29 is 4.74 Å². The Morgan fingerprint density at radius 1 is 1.45 bits per heavy atom. The molecule has 1 aromatic heterocycles. The second-order valence-corrected chi connectivity index (χ2v) is 5.30. The fourth-order valence-corrected chi connectivity index (χ4v) is 2.89. The maximum Gasteiger partial charge on any atom is 0.126 e. The molecule has 2 rings (SSSR count). The molecule has 0 saturated carbocycles. The fraction of sp³-hybridized carbons (Fsp3) is 0.600. The molecule has 20 heavy (non-hydrogen) atoms. The lowest BCUT2D eigenvalue weighted by Crippen LogP contribution is -2.38. The molecule has 0 atom stereocenters. The van der Waals surface area contributed by atoms with Crippen molar-refractivity contribution in [2.24, 2.45) is 5.73 Å². The van der Waals surface area contributed by atoms with E-state index in [-0.39, 0.29) is 5.84 Å². The SMILES string of the molecule is CCOC1CCN(c2cc(C)nc(C)c2C(=N)N)CC1. The lowest BCUT2D eigenvalue weighted by Gasteiger charge is -2.34. The van der Waals surface area contributed by atoms with Crippen molar-refractivity contribution in [1.29, 1.82) is 5.41 Å². The average Bonchev–Trinajstić information content (AvgIpc) is 2.38. The number of ether oxygens (including phenoxy) is 1. The van der Waals surface area contributed by atoms with Crippen LogP contribution in [0.5, 0.6) is 0 Å². The second-order valence-electron chi connectivity index (χ2n) is 5.30. The van der Waals surface area contributed by atoms with Crippen LogP contribution in [0.1, 0.15) is 36.7 Å². The number of piperidine rings is 1. The molecule has 1 aliphatic rings. The van der Waals surface area contributed by atoms with Crippen LogP contribution >= 0.6 is 0 Å². The molecule has 3 N–H and O–H groups in total. The Labute approximate surface area is 120 Å². The minimum atomic E-state index is 0.0944. The van der Waals surface area contributed by atoms with Gasteiger partial charge in [-0.1, -0.05) is 0 Å². The number of pyridine rings is 1. The number of nitrogens with one attached hydrogen (secondary N) is 1. The van der Waals surface area contributed by atoms with E-state index < -0.39 is 0 Å². The Morgan fingerprint density at radius 3 is 2.65 bits per heavy atom. The molecule has 1 aromatic rings. The van der Waals surface area contributed by atoms with Crippen LogP contribution in [-0.2, 0) is 4.74 Å². The zero-order chi connectivity index (χ0) is 14.7. The normalized spacial score (nSPS) is 16.4. The summed E-state index contributed by atoms with van der Waals surface area (Å²) in [6, 6.07) is 2.03. The monoisotopic (exact) mass is 276 g/mol.